The van der Waals surface area contributed by atoms with Crippen molar-refractivity contribution in [2.45, 2.75) is 58.5 Å². The Morgan fingerprint density at radius 1 is 1.10 bits per heavy atom. The molecule has 21 heavy (non-hydrogen) atoms. The summed E-state index contributed by atoms with van der Waals surface area (Å²) in [4.78, 5) is 2.67. The van der Waals surface area contributed by atoms with E-state index >= 15 is 0 Å². The van der Waals surface area contributed by atoms with Crippen molar-refractivity contribution in [2.24, 2.45) is 5.41 Å². The molecule has 0 bridgehead atoms. The van der Waals surface area contributed by atoms with Crippen LogP contribution in [-0.4, -0.2) is 12.1 Å². The molecule has 1 aromatic carbocycles. The number of rotatable bonds is 4. The van der Waals surface area contributed by atoms with Crippen LogP contribution in [0, 0.1) is 5.41 Å². The maximum Gasteiger partial charge on any atom is 0.0583 e. The minimum Gasteiger partial charge on any atom is -0.361 e. The standard InChI is InChI=1S/C20H27N/c1-5-20(4,6-2)15(3)21-18-13-9-7-11-16(18)17-12-8-10-14-19(17)21/h7-16,18H,5-6H2,1-4H3. The third kappa shape index (κ3) is 2.14. The molecule has 0 aromatic heterocycles. The van der Waals surface area contributed by atoms with Gasteiger partial charge >= 0.3 is 0 Å². The average Bonchev–Trinajstić information content (AvgIpc) is 2.88. The van der Waals surface area contributed by atoms with Gasteiger partial charge < -0.3 is 4.90 Å². The molecule has 0 radical (unpaired) electrons. The van der Waals surface area contributed by atoms with E-state index in [0.717, 1.165) is 0 Å². The molecular weight excluding hydrogens is 254 g/mol. The van der Waals surface area contributed by atoms with Crippen molar-refractivity contribution >= 4 is 5.69 Å². The molecule has 1 heteroatoms. The lowest BCUT2D eigenvalue weighted by Crippen LogP contribution is -2.48. The lowest BCUT2D eigenvalue weighted by atomic mass is 9.77. The Morgan fingerprint density at radius 2 is 1.76 bits per heavy atom. The van der Waals surface area contributed by atoms with Gasteiger partial charge in [0.25, 0.3) is 0 Å². The smallest absolute Gasteiger partial charge is 0.0583 e. The van der Waals surface area contributed by atoms with Gasteiger partial charge in [0.15, 0.2) is 0 Å². The van der Waals surface area contributed by atoms with Crippen LogP contribution in [0.25, 0.3) is 0 Å². The number of nitrogens with zero attached hydrogens (tertiary/aromatic N) is 1. The molecule has 3 rings (SSSR count). The van der Waals surface area contributed by atoms with Crippen molar-refractivity contribution in [1.82, 2.24) is 0 Å². The summed E-state index contributed by atoms with van der Waals surface area (Å²) in [5, 5.41) is 0. The summed E-state index contributed by atoms with van der Waals surface area (Å²) in [5.74, 6) is 0.520. The Kier molecular flexibility index (Phi) is 3.69. The van der Waals surface area contributed by atoms with Crippen LogP contribution < -0.4 is 4.90 Å². The number of allylic oxidation sites excluding steroid dienone is 2. The highest BCUT2D eigenvalue weighted by atomic mass is 15.2. The molecule has 0 amide bonds. The number of anilines is 1. The number of hydrogen-bond acceptors (Lipinski definition) is 1. The third-order valence-electron chi connectivity index (χ3n) is 6.04. The predicted molar refractivity (Wildman–Crippen MR) is 91.9 cm³/mol. The number of benzene rings is 1. The van der Waals surface area contributed by atoms with Gasteiger partial charge in [-0.3, -0.25) is 0 Å². The second-order valence-corrected chi connectivity index (χ2v) is 6.79. The first-order chi connectivity index (χ1) is 10.1. The first-order valence-electron chi connectivity index (χ1n) is 8.34. The highest BCUT2D eigenvalue weighted by Gasteiger charge is 2.43. The largest absolute Gasteiger partial charge is 0.361 e. The van der Waals surface area contributed by atoms with Gasteiger partial charge in [0, 0.05) is 17.6 Å². The van der Waals surface area contributed by atoms with E-state index < -0.39 is 0 Å². The van der Waals surface area contributed by atoms with Gasteiger partial charge in [-0.2, -0.15) is 0 Å². The van der Waals surface area contributed by atoms with Gasteiger partial charge in [-0.15, -0.1) is 0 Å². The van der Waals surface area contributed by atoms with E-state index in [1.165, 1.54) is 24.1 Å². The lowest BCUT2D eigenvalue weighted by molar-refractivity contribution is 0.230. The van der Waals surface area contributed by atoms with Gasteiger partial charge in [0.2, 0.25) is 0 Å². The van der Waals surface area contributed by atoms with Crippen LogP contribution in [0.5, 0.6) is 0 Å². The van der Waals surface area contributed by atoms with E-state index in [1.54, 1.807) is 0 Å². The van der Waals surface area contributed by atoms with Gasteiger partial charge in [0.1, 0.15) is 0 Å². The molecule has 0 spiro atoms. The van der Waals surface area contributed by atoms with Crippen LogP contribution in [0.15, 0.2) is 48.6 Å². The highest BCUT2D eigenvalue weighted by Crippen LogP contribution is 2.48. The fourth-order valence-electron chi connectivity index (χ4n) is 3.96. The Morgan fingerprint density at radius 3 is 2.48 bits per heavy atom. The van der Waals surface area contributed by atoms with Gasteiger partial charge in [-0.1, -0.05) is 63.3 Å². The number of fused-ring (bicyclic) bond motifs is 3. The summed E-state index contributed by atoms with van der Waals surface area (Å²) in [7, 11) is 0. The van der Waals surface area contributed by atoms with Crippen LogP contribution in [0.1, 0.15) is 52.0 Å². The minimum absolute atomic E-state index is 0.358. The maximum atomic E-state index is 2.67. The molecule has 1 aliphatic carbocycles. The molecule has 1 aliphatic heterocycles. The SMILES string of the molecule is CCC(C)(CC)C(C)N1c2ccccc2C2C=CC=CC21. The first kappa shape index (κ1) is 14.4. The first-order valence-corrected chi connectivity index (χ1v) is 8.34. The van der Waals surface area contributed by atoms with Crippen LogP contribution in [0.2, 0.25) is 0 Å². The van der Waals surface area contributed by atoms with E-state index in [1.807, 2.05) is 0 Å². The zero-order valence-electron chi connectivity index (χ0n) is 13.7. The van der Waals surface area contributed by atoms with Crippen molar-refractivity contribution in [3.8, 4) is 0 Å². The van der Waals surface area contributed by atoms with E-state index in [4.69, 9.17) is 0 Å². The van der Waals surface area contributed by atoms with E-state index in [2.05, 4.69) is 81.2 Å². The van der Waals surface area contributed by atoms with Crippen LogP contribution >= 0.6 is 0 Å². The molecule has 112 valence electrons. The number of hydrogen-bond donors (Lipinski definition) is 0. The highest BCUT2D eigenvalue weighted by molar-refractivity contribution is 5.66. The second kappa shape index (κ2) is 5.36. The molecule has 0 N–H and O–H groups in total. The monoisotopic (exact) mass is 281 g/mol. The summed E-state index contributed by atoms with van der Waals surface area (Å²) in [5.41, 5.74) is 3.28. The van der Waals surface area contributed by atoms with Gasteiger partial charge in [0.05, 0.1) is 6.04 Å². The molecule has 1 heterocycles. The lowest BCUT2D eigenvalue weighted by Gasteiger charge is -2.44. The Balaban J connectivity index is 2.05. The molecule has 0 saturated heterocycles. The van der Waals surface area contributed by atoms with Crippen molar-refractivity contribution in [3.63, 3.8) is 0 Å². The fourth-order valence-corrected chi connectivity index (χ4v) is 3.96. The van der Waals surface area contributed by atoms with E-state index in [-0.39, 0.29) is 0 Å². The van der Waals surface area contributed by atoms with Crippen LogP contribution in [0.3, 0.4) is 0 Å². The second-order valence-electron chi connectivity index (χ2n) is 6.79. The Labute approximate surface area is 129 Å². The third-order valence-corrected chi connectivity index (χ3v) is 6.04. The zero-order chi connectivity index (χ0) is 15.0. The zero-order valence-corrected chi connectivity index (χ0v) is 13.7. The van der Waals surface area contributed by atoms with Crippen LogP contribution in [0.4, 0.5) is 5.69 Å². The van der Waals surface area contributed by atoms with Crippen molar-refractivity contribution in [1.29, 1.82) is 0 Å². The summed E-state index contributed by atoms with van der Waals surface area (Å²) in [6.07, 6.45) is 11.6. The van der Waals surface area contributed by atoms with Crippen LogP contribution in [-0.2, 0) is 0 Å². The molecule has 1 aromatic rings. The molecule has 3 atom stereocenters. The van der Waals surface area contributed by atoms with Crippen molar-refractivity contribution in [2.75, 3.05) is 4.90 Å². The predicted octanol–water partition coefficient (Wildman–Crippen LogP) is 5.30. The quantitative estimate of drug-likeness (QED) is 0.724. The summed E-state index contributed by atoms with van der Waals surface area (Å²) >= 11 is 0. The summed E-state index contributed by atoms with van der Waals surface area (Å²) in [6, 6.07) is 9.99. The normalized spacial score (nSPS) is 24.9. The van der Waals surface area contributed by atoms with Gasteiger partial charge in [-0.05, 0) is 36.8 Å². The summed E-state index contributed by atoms with van der Waals surface area (Å²) in [6.45, 7) is 9.51. The van der Waals surface area contributed by atoms with E-state index in [0.29, 0.717) is 23.4 Å². The van der Waals surface area contributed by atoms with Gasteiger partial charge in [-0.25, -0.2) is 0 Å². The molecule has 0 fully saturated rings. The minimum atomic E-state index is 0.358. The Hall–Kier alpha value is -1.50. The molecule has 2 aliphatic rings. The molecule has 0 saturated carbocycles. The summed E-state index contributed by atoms with van der Waals surface area (Å²) < 4.78 is 0. The van der Waals surface area contributed by atoms with Crippen molar-refractivity contribution in [3.05, 3.63) is 54.1 Å². The topological polar surface area (TPSA) is 3.24 Å². The van der Waals surface area contributed by atoms with E-state index in [9.17, 15) is 0 Å². The van der Waals surface area contributed by atoms with Crippen molar-refractivity contribution < 1.29 is 0 Å². The maximum absolute atomic E-state index is 2.67. The Bertz CT molecular complexity index is 565. The molecule has 1 nitrogen and oxygen atoms in total. The molecule has 3 unspecified atom stereocenters. The number of para-hydroxylation sites is 1. The average molecular weight is 281 g/mol. The fraction of sp³-hybridized carbons (Fsp3) is 0.500. The molecular formula is C20H27N.